The van der Waals surface area contributed by atoms with Gasteiger partial charge < -0.3 is 5.73 Å². The fraction of sp³-hybridized carbons (Fsp3) is 0.0588. The zero-order valence-corrected chi connectivity index (χ0v) is 10.3. The topological polar surface area (TPSA) is 26.0 Å². The molecular weight excluding hydrogens is 218 g/mol. The fourth-order valence-electron chi connectivity index (χ4n) is 1.75. The first-order valence-corrected chi connectivity index (χ1v) is 6.08. The second-order valence-corrected chi connectivity index (χ2v) is 4.04. The number of benzene rings is 3. The van der Waals surface area contributed by atoms with Crippen molar-refractivity contribution in [1.29, 1.82) is 0 Å². The van der Waals surface area contributed by atoms with Crippen LogP contribution in [0.15, 0.2) is 78.9 Å². The number of nitrogens with two attached hydrogens (primary N) is 1. The van der Waals surface area contributed by atoms with Gasteiger partial charge in [-0.2, -0.15) is 0 Å². The summed E-state index contributed by atoms with van der Waals surface area (Å²) in [6.07, 6.45) is 0. The molecule has 2 N–H and O–H groups in total. The van der Waals surface area contributed by atoms with Gasteiger partial charge in [-0.15, -0.1) is 0 Å². The molecule has 3 aromatic carbocycles. The van der Waals surface area contributed by atoms with Crippen molar-refractivity contribution in [2.24, 2.45) is 5.73 Å². The van der Waals surface area contributed by atoms with Crippen molar-refractivity contribution < 1.29 is 0 Å². The molecule has 0 amide bonds. The summed E-state index contributed by atoms with van der Waals surface area (Å²) in [4.78, 5) is 0. The van der Waals surface area contributed by atoms with Gasteiger partial charge in [0.25, 0.3) is 0 Å². The van der Waals surface area contributed by atoms with Crippen molar-refractivity contribution in [2.45, 2.75) is 6.54 Å². The van der Waals surface area contributed by atoms with Crippen LogP contribution in [0.3, 0.4) is 0 Å². The molecule has 0 aliphatic rings. The maximum Gasteiger partial charge on any atom is 0.0178 e. The van der Waals surface area contributed by atoms with Crippen molar-refractivity contribution in [3.63, 3.8) is 0 Å². The lowest BCUT2D eigenvalue weighted by Crippen LogP contribution is -1.94. The number of hydrogen-bond acceptors (Lipinski definition) is 1. The molecule has 18 heavy (non-hydrogen) atoms. The van der Waals surface area contributed by atoms with E-state index in [1.165, 1.54) is 16.3 Å². The molecule has 0 aliphatic carbocycles. The van der Waals surface area contributed by atoms with Crippen molar-refractivity contribution in [3.8, 4) is 0 Å². The molecule has 90 valence electrons. The van der Waals surface area contributed by atoms with E-state index in [9.17, 15) is 0 Å². The van der Waals surface area contributed by atoms with Gasteiger partial charge in [-0.3, -0.25) is 0 Å². The summed E-state index contributed by atoms with van der Waals surface area (Å²) >= 11 is 0. The van der Waals surface area contributed by atoms with Crippen LogP contribution < -0.4 is 5.73 Å². The predicted octanol–water partition coefficient (Wildman–Crippen LogP) is 3.99. The van der Waals surface area contributed by atoms with E-state index < -0.39 is 0 Å². The third-order valence-electron chi connectivity index (χ3n) is 2.74. The predicted molar refractivity (Wildman–Crippen MR) is 78.3 cm³/mol. The molecule has 0 saturated heterocycles. The molecular formula is C17H17N. The quantitative estimate of drug-likeness (QED) is 0.678. The second kappa shape index (κ2) is 6.58. The molecule has 1 heteroatoms. The lowest BCUT2D eigenvalue weighted by Gasteiger charge is -1.92. The summed E-state index contributed by atoms with van der Waals surface area (Å²) in [5.41, 5.74) is 6.54. The van der Waals surface area contributed by atoms with E-state index in [-0.39, 0.29) is 0 Å². The second-order valence-electron chi connectivity index (χ2n) is 4.04. The maximum atomic E-state index is 5.35. The third kappa shape index (κ3) is 3.44. The Bertz CT molecular complexity index is 522. The summed E-state index contributed by atoms with van der Waals surface area (Å²) in [5, 5.41) is 2.62. The molecule has 0 heterocycles. The van der Waals surface area contributed by atoms with Crippen molar-refractivity contribution in [2.75, 3.05) is 0 Å². The number of hydrogen-bond donors (Lipinski definition) is 1. The normalized spacial score (nSPS) is 9.61. The summed E-state index contributed by atoms with van der Waals surface area (Å²) in [7, 11) is 0. The van der Waals surface area contributed by atoms with Crippen LogP contribution in [-0.2, 0) is 6.54 Å². The minimum absolute atomic E-state index is 0.640. The van der Waals surface area contributed by atoms with E-state index in [4.69, 9.17) is 5.73 Å². The first-order valence-electron chi connectivity index (χ1n) is 6.08. The Labute approximate surface area is 108 Å². The Kier molecular flexibility index (Phi) is 4.51. The minimum atomic E-state index is 0.640. The highest BCUT2D eigenvalue weighted by atomic mass is 14.5. The average molecular weight is 235 g/mol. The van der Waals surface area contributed by atoms with E-state index in [2.05, 4.69) is 48.5 Å². The molecule has 0 spiro atoms. The van der Waals surface area contributed by atoms with Gasteiger partial charge in [0, 0.05) is 6.54 Å². The van der Waals surface area contributed by atoms with E-state index >= 15 is 0 Å². The summed E-state index contributed by atoms with van der Waals surface area (Å²) in [5.74, 6) is 0. The number of fused-ring (bicyclic) bond motifs is 1. The van der Waals surface area contributed by atoms with Crippen LogP contribution >= 0.6 is 0 Å². The SMILES string of the molecule is NCc1ccccc1.c1ccc2ccccc2c1. The van der Waals surface area contributed by atoms with Crippen molar-refractivity contribution in [3.05, 3.63) is 84.4 Å². The molecule has 0 saturated carbocycles. The van der Waals surface area contributed by atoms with E-state index in [0.29, 0.717) is 6.54 Å². The highest BCUT2D eigenvalue weighted by molar-refractivity contribution is 5.81. The highest BCUT2D eigenvalue weighted by Crippen LogP contribution is 2.11. The van der Waals surface area contributed by atoms with Gasteiger partial charge in [-0.25, -0.2) is 0 Å². The van der Waals surface area contributed by atoms with Gasteiger partial charge >= 0.3 is 0 Å². The van der Waals surface area contributed by atoms with Gasteiger partial charge in [0.15, 0.2) is 0 Å². The molecule has 3 aromatic rings. The van der Waals surface area contributed by atoms with Crippen LogP contribution in [0.1, 0.15) is 5.56 Å². The third-order valence-corrected chi connectivity index (χ3v) is 2.74. The Morgan fingerprint density at radius 1 is 0.556 bits per heavy atom. The lowest BCUT2D eigenvalue weighted by atomic mass is 10.1. The van der Waals surface area contributed by atoms with Crippen LogP contribution in [0.2, 0.25) is 0 Å². The lowest BCUT2D eigenvalue weighted by molar-refractivity contribution is 1.07. The fourth-order valence-corrected chi connectivity index (χ4v) is 1.75. The minimum Gasteiger partial charge on any atom is -0.326 e. The zero-order chi connectivity index (χ0) is 12.6. The molecule has 0 bridgehead atoms. The Hall–Kier alpha value is -2.12. The first kappa shape index (κ1) is 12.3. The van der Waals surface area contributed by atoms with Gasteiger partial charge in [-0.1, -0.05) is 78.9 Å². The Morgan fingerprint density at radius 3 is 1.28 bits per heavy atom. The van der Waals surface area contributed by atoms with Crippen LogP contribution in [-0.4, -0.2) is 0 Å². The average Bonchev–Trinajstić information content (AvgIpc) is 2.49. The number of rotatable bonds is 1. The maximum absolute atomic E-state index is 5.35. The first-order chi connectivity index (χ1) is 8.90. The molecule has 0 radical (unpaired) electrons. The van der Waals surface area contributed by atoms with Crippen LogP contribution in [0.25, 0.3) is 10.8 Å². The standard InChI is InChI=1S/C10H8.C7H9N/c1-2-6-10-8-4-3-7-9(10)5-1;8-6-7-4-2-1-3-5-7/h1-8H;1-5H,6,8H2. The van der Waals surface area contributed by atoms with Gasteiger partial charge in [0.1, 0.15) is 0 Å². The van der Waals surface area contributed by atoms with Crippen molar-refractivity contribution in [1.82, 2.24) is 0 Å². The molecule has 0 aliphatic heterocycles. The molecule has 0 aromatic heterocycles. The summed E-state index contributed by atoms with van der Waals surface area (Å²) < 4.78 is 0. The van der Waals surface area contributed by atoms with Gasteiger partial charge in [0.2, 0.25) is 0 Å². The molecule has 3 rings (SSSR count). The van der Waals surface area contributed by atoms with Crippen LogP contribution in [0, 0.1) is 0 Å². The largest absolute Gasteiger partial charge is 0.326 e. The Balaban J connectivity index is 0.000000138. The molecule has 1 nitrogen and oxygen atoms in total. The zero-order valence-electron chi connectivity index (χ0n) is 10.3. The van der Waals surface area contributed by atoms with E-state index in [1.54, 1.807) is 0 Å². The monoisotopic (exact) mass is 235 g/mol. The van der Waals surface area contributed by atoms with Gasteiger partial charge in [0.05, 0.1) is 0 Å². The van der Waals surface area contributed by atoms with E-state index in [0.717, 1.165) is 0 Å². The van der Waals surface area contributed by atoms with Crippen molar-refractivity contribution >= 4 is 10.8 Å². The van der Waals surface area contributed by atoms with Crippen LogP contribution in [0.4, 0.5) is 0 Å². The van der Waals surface area contributed by atoms with Crippen LogP contribution in [0.5, 0.6) is 0 Å². The van der Waals surface area contributed by atoms with E-state index in [1.807, 2.05) is 30.3 Å². The summed E-state index contributed by atoms with van der Waals surface area (Å²) in [6.45, 7) is 0.640. The molecule has 0 fully saturated rings. The summed E-state index contributed by atoms with van der Waals surface area (Å²) in [6, 6.07) is 26.7. The Morgan fingerprint density at radius 2 is 0.944 bits per heavy atom. The smallest absolute Gasteiger partial charge is 0.0178 e. The molecule has 0 atom stereocenters. The van der Waals surface area contributed by atoms with Gasteiger partial charge in [-0.05, 0) is 16.3 Å². The molecule has 0 unspecified atom stereocenters. The highest BCUT2D eigenvalue weighted by Gasteiger charge is 1.85.